The van der Waals surface area contributed by atoms with Gasteiger partial charge in [0.05, 0.1) is 5.92 Å². The van der Waals surface area contributed by atoms with Crippen molar-refractivity contribution in [3.63, 3.8) is 0 Å². The maximum Gasteiger partial charge on any atom is 0.306 e. The van der Waals surface area contributed by atoms with Gasteiger partial charge in [0.2, 0.25) is 0 Å². The molecule has 17 heavy (non-hydrogen) atoms. The third-order valence-corrected chi connectivity index (χ3v) is 4.49. The quantitative estimate of drug-likeness (QED) is 0.811. The predicted octanol–water partition coefficient (Wildman–Crippen LogP) is 3.58. The summed E-state index contributed by atoms with van der Waals surface area (Å²) in [6.07, 6.45) is 0.654. The molecule has 1 unspecified atom stereocenters. The van der Waals surface area contributed by atoms with Gasteiger partial charge in [-0.2, -0.15) is 0 Å². The molecule has 1 N–H and O–H groups in total. The lowest BCUT2D eigenvalue weighted by molar-refractivity contribution is -0.141. The van der Waals surface area contributed by atoms with Gasteiger partial charge in [-0.15, -0.1) is 0 Å². The summed E-state index contributed by atoms with van der Waals surface area (Å²) in [4.78, 5) is 11.3. The van der Waals surface area contributed by atoms with Crippen molar-refractivity contribution < 1.29 is 9.90 Å². The summed E-state index contributed by atoms with van der Waals surface area (Å²) in [7, 11) is -1.33. The molecule has 0 aliphatic rings. The number of carboxylic acids is 1. The largest absolute Gasteiger partial charge is 0.481 e. The third-order valence-electron chi connectivity index (χ3n) is 2.77. The van der Waals surface area contributed by atoms with E-state index in [0.29, 0.717) is 6.42 Å². The van der Waals surface area contributed by atoms with Crippen molar-refractivity contribution in [2.45, 2.75) is 39.0 Å². The Morgan fingerprint density at radius 1 is 1.35 bits per heavy atom. The highest BCUT2D eigenvalue weighted by Crippen LogP contribution is 2.21. The van der Waals surface area contributed by atoms with Crippen LogP contribution in [0, 0.1) is 12.8 Å². The van der Waals surface area contributed by atoms with Gasteiger partial charge in [-0.3, -0.25) is 4.79 Å². The lowest BCUT2D eigenvalue weighted by Gasteiger charge is -2.21. The Labute approximate surface area is 105 Å². The molecule has 0 aromatic heterocycles. The third kappa shape index (κ3) is 5.17. The molecule has 94 valence electrons. The SMILES string of the molecule is Cc1cccc(CC(C[Si](C)(C)C)C(=O)O)c1. The fraction of sp³-hybridized carbons (Fsp3) is 0.500. The monoisotopic (exact) mass is 250 g/mol. The van der Waals surface area contributed by atoms with Gasteiger partial charge in [-0.25, -0.2) is 0 Å². The second-order valence-corrected chi connectivity index (χ2v) is 11.5. The first kappa shape index (κ1) is 14.0. The van der Waals surface area contributed by atoms with Crippen molar-refractivity contribution in [3.05, 3.63) is 35.4 Å². The first-order valence-corrected chi connectivity index (χ1v) is 9.77. The highest BCUT2D eigenvalue weighted by Gasteiger charge is 2.25. The van der Waals surface area contributed by atoms with Crippen LogP contribution in [-0.4, -0.2) is 19.1 Å². The topological polar surface area (TPSA) is 37.3 Å². The van der Waals surface area contributed by atoms with Crippen LogP contribution < -0.4 is 0 Å². The normalized spacial score (nSPS) is 13.4. The van der Waals surface area contributed by atoms with Crippen molar-refractivity contribution >= 4 is 14.0 Å². The fourth-order valence-electron chi connectivity index (χ4n) is 2.11. The van der Waals surface area contributed by atoms with E-state index in [2.05, 4.69) is 25.7 Å². The minimum absolute atomic E-state index is 0.233. The Bertz CT molecular complexity index is 393. The van der Waals surface area contributed by atoms with Gasteiger partial charge < -0.3 is 5.11 Å². The predicted molar refractivity (Wildman–Crippen MR) is 74.2 cm³/mol. The van der Waals surface area contributed by atoms with Crippen molar-refractivity contribution in [1.29, 1.82) is 0 Å². The Balaban J connectivity index is 2.77. The second-order valence-electron chi connectivity index (χ2n) is 5.99. The van der Waals surface area contributed by atoms with E-state index in [1.807, 2.05) is 25.1 Å². The van der Waals surface area contributed by atoms with Gasteiger partial charge in [0.25, 0.3) is 0 Å². The molecule has 2 nitrogen and oxygen atoms in total. The van der Waals surface area contributed by atoms with Crippen molar-refractivity contribution in [1.82, 2.24) is 0 Å². The minimum atomic E-state index is -1.33. The lowest BCUT2D eigenvalue weighted by atomic mass is 10.00. The molecule has 0 radical (unpaired) electrons. The Morgan fingerprint density at radius 3 is 2.47 bits per heavy atom. The van der Waals surface area contributed by atoms with Crippen LogP contribution in [0.25, 0.3) is 0 Å². The zero-order valence-corrected chi connectivity index (χ0v) is 12.2. The van der Waals surface area contributed by atoms with Gasteiger partial charge in [-0.05, 0) is 25.0 Å². The summed E-state index contributed by atoms with van der Waals surface area (Å²) < 4.78 is 0. The highest BCUT2D eigenvalue weighted by atomic mass is 28.3. The number of aryl methyl sites for hydroxylation is 1. The van der Waals surface area contributed by atoms with E-state index in [1.165, 1.54) is 5.56 Å². The number of benzene rings is 1. The Morgan fingerprint density at radius 2 is 2.00 bits per heavy atom. The van der Waals surface area contributed by atoms with Gasteiger partial charge >= 0.3 is 5.97 Å². The van der Waals surface area contributed by atoms with Gasteiger partial charge in [0, 0.05) is 8.07 Å². The molecule has 1 rings (SSSR count). The maximum atomic E-state index is 11.3. The minimum Gasteiger partial charge on any atom is -0.481 e. The zero-order valence-electron chi connectivity index (χ0n) is 11.2. The number of carbonyl (C=O) groups is 1. The van der Waals surface area contributed by atoms with Gasteiger partial charge in [0.1, 0.15) is 0 Å². The van der Waals surface area contributed by atoms with Crippen LogP contribution in [0.15, 0.2) is 24.3 Å². The molecule has 0 saturated heterocycles. The van der Waals surface area contributed by atoms with Crippen LogP contribution >= 0.6 is 0 Å². The average molecular weight is 250 g/mol. The molecule has 0 heterocycles. The average Bonchev–Trinajstić information content (AvgIpc) is 2.14. The molecule has 0 bridgehead atoms. The zero-order chi connectivity index (χ0) is 13.1. The summed E-state index contributed by atoms with van der Waals surface area (Å²) in [6, 6.07) is 8.99. The van der Waals surface area contributed by atoms with Crippen LogP contribution in [0.5, 0.6) is 0 Å². The van der Waals surface area contributed by atoms with Crippen LogP contribution in [0.3, 0.4) is 0 Å². The van der Waals surface area contributed by atoms with Crippen molar-refractivity contribution in [2.24, 2.45) is 5.92 Å². The molecule has 0 aliphatic heterocycles. The number of hydrogen-bond acceptors (Lipinski definition) is 1. The maximum absolute atomic E-state index is 11.3. The molecule has 0 saturated carbocycles. The molecule has 1 atom stereocenters. The molecular formula is C14H22O2Si. The molecule has 3 heteroatoms. The first-order valence-electron chi connectivity index (χ1n) is 6.06. The van der Waals surface area contributed by atoms with Crippen molar-refractivity contribution in [3.8, 4) is 0 Å². The van der Waals surface area contributed by atoms with Crippen LogP contribution in [-0.2, 0) is 11.2 Å². The summed E-state index contributed by atoms with van der Waals surface area (Å²) in [5.41, 5.74) is 2.33. The summed E-state index contributed by atoms with van der Waals surface area (Å²) in [5, 5.41) is 9.29. The molecule has 0 fully saturated rings. The molecule has 0 aliphatic carbocycles. The number of rotatable bonds is 5. The summed E-state index contributed by atoms with van der Waals surface area (Å²) >= 11 is 0. The number of hydrogen-bond donors (Lipinski definition) is 1. The molecule has 0 amide bonds. The number of carboxylic acid groups (broad SMARTS) is 1. The first-order chi connectivity index (χ1) is 7.78. The van der Waals surface area contributed by atoms with Crippen LogP contribution in [0.2, 0.25) is 25.7 Å². The standard InChI is InChI=1S/C14H22O2Si/c1-11-6-5-7-12(8-11)9-13(14(15)16)10-17(2,3)4/h5-8,13H,9-10H2,1-4H3,(H,15,16). The number of aliphatic carboxylic acids is 1. The lowest BCUT2D eigenvalue weighted by Crippen LogP contribution is -2.29. The Hall–Kier alpha value is -1.09. The van der Waals surface area contributed by atoms with E-state index in [0.717, 1.165) is 11.6 Å². The van der Waals surface area contributed by atoms with E-state index in [1.54, 1.807) is 0 Å². The summed E-state index contributed by atoms with van der Waals surface area (Å²) in [5.74, 6) is -0.891. The summed E-state index contributed by atoms with van der Waals surface area (Å²) in [6.45, 7) is 8.70. The molecular weight excluding hydrogens is 228 g/mol. The van der Waals surface area contributed by atoms with Crippen LogP contribution in [0.1, 0.15) is 11.1 Å². The van der Waals surface area contributed by atoms with Crippen molar-refractivity contribution in [2.75, 3.05) is 0 Å². The fourth-order valence-corrected chi connectivity index (χ4v) is 3.91. The Kier molecular flexibility index (Phi) is 4.51. The van der Waals surface area contributed by atoms with E-state index >= 15 is 0 Å². The van der Waals surface area contributed by atoms with Gasteiger partial charge in [-0.1, -0.05) is 49.5 Å². The smallest absolute Gasteiger partial charge is 0.306 e. The van der Waals surface area contributed by atoms with Crippen LogP contribution in [0.4, 0.5) is 0 Å². The molecule has 0 spiro atoms. The van der Waals surface area contributed by atoms with E-state index in [-0.39, 0.29) is 5.92 Å². The van der Waals surface area contributed by atoms with E-state index in [4.69, 9.17) is 0 Å². The second kappa shape index (κ2) is 5.49. The van der Waals surface area contributed by atoms with E-state index < -0.39 is 14.0 Å². The highest BCUT2D eigenvalue weighted by molar-refractivity contribution is 6.76. The molecule has 1 aromatic carbocycles. The van der Waals surface area contributed by atoms with Gasteiger partial charge in [0.15, 0.2) is 0 Å². The van der Waals surface area contributed by atoms with E-state index in [9.17, 15) is 9.90 Å². The molecule has 1 aromatic rings.